The Morgan fingerprint density at radius 2 is 0.652 bits per heavy atom. The molecule has 3 fully saturated rings. The molecule has 0 aromatic heterocycles. The Hall–Kier alpha value is 0. The lowest BCUT2D eigenvalue weighted by molar-refractivity contribution is 0.184. The van der Waals surface area contributed by atoms with Gasteiger partial charge in [0.2, 0.25) is 0 Å². The minimum Gasteiger partial charge on any atom is -0.0683 e. The molecule has 0 heteroatoms. The Labute approximate surface area is 148 Å². The Kier molecular flexibility index (Phi) is 10.6. The summed E-state index contributed by atoms with van der Waals surface area (Å²) in [6, 6.07) is 0. The predicted octanol–water partition coefficient (Wildman–Crippen LogP) is 8.11. The molecule has 0 radical (unpaired) electrons. The van der Waals surface area contributed by atoms with Crippen LogP contribution in [0.2, 0.25) is 0 Å². The molecular formula is C23H46. The van der Waals surface area contributed by atoms with Gasteiger partial charge in [-0.1, -0.05) is 67.2 Å². The van der Waals surface area contributed by atoms with Gasteiger partial charge in [-0.05, 0) is 80.5 Å². The predicted molar refractivity (Wildman–Crippen MR) is 106 cm³/mol. The molecule has 0 aromatic carbocycles. The summed E-state index contributed by atoms with van der Waals surface area (Å²) in [6.07, 6.45) is 17.1. The molecule has 23 heavy (non-hydrogen) atoms. The van der Waals surface area contributed by atoms with Crippen molar-refractivity contribution >= 4 is 0 Å². The molecular weight excluding hydrogens is 276 g/mol. The molecule has 0 saturated heterocycles. The van der Waals surface area contributed by atoms with E-state index >= 15 is 0 Å². The van der Waals surface area contributed by atoms with Crippen LogP contribution in [0.5, 0.6) is 0 Å². The van der Waals surface area contributed by atoms with Crippen molar-refractivity contribution in [2.24, 2.45) is 35.5 Å². The van der Waals surface area contributed by atoms with Crippen LogP contribution in [0.1, 0.15) is 112 Å². The zero-order valence-corrected chi connectivity index (χ0v) is 17.2. The molecule has 2 unspecified atom stereocenters. The monoisotopic (exact) mass is 322 g/mol. The first kappa shape index (κ1) is 21.0. The van der Waals surface area contributed by atoms with E-state index in [-0.39, 0.29) is 0 Å². The Bertz CT molecular complexity index is 238. The second-order valence-corrected chi connectivity index (χ2v) is 8.37. The van der Waals surface area contributed by atoms with Gasteiger partial charge in [-0.2, -0.15) is 0 Å². The highest BCUT2D eigenvalue weighted by molar-refractivity contribution is 4.87. The largest absolute Gasteiger partial charge is 0.0683 e. The van der Waals surface area contributed by atoms with Gasteiger partial charge in [-0.3, -0.25) is 0 Å². The van der Waals surface area contributed by atoms with E-state index in [2.05, 4.69) is 13.8 Å². The van der Waals surface area contributed by atoms with Crippen molar-refractivity contribution in [3.63, 3.8) is 0 Å². The maximum absolute atomic E-state index is 2.46. The quantitative estimate of drug-likeness (QED) is 0.481. The second-order valence-electron chi connectivity index (χ2n) is 8.37. The standard InChI is InChI=1S/C19H34.2C2H6/c1-14-3-7-16(8-4-14)18-11-12-19(13-18)17-9-5-15(2)6-10-17;2*1-2/h14-19H,3-13H2,1-2H3;2*1-2H3. The van der Waals surface area contributed by atoms with Crippen LogP contribution in [0.15, 0.2) is 0 Å². The van der Waals surface area contributed by atoms with Crippen molar-refractivity contribution in [1.82, 2.24) is 0 Å². The Balaban J connectivity index is 0.000000615. The van der Waals surface area contributed by atoms with E-state index in [0.29, 0.717) is 0 Å². The van der Waals surface area contributed by atoms with Crippen LogP contribution in [0, 0.1) is 35.5 Å². The molecule has 0 bridgehead atoms. The van der Waals surface area contributed by atoms with Crippen LogP contribution in [0.3, 0.4) is 0 Å². The zero-order chi connectivity index (χ0) is 17.2. The zero-order valence-electron chi connectivity index (χ0n) is 17.2. The van der Waals surface area contributed by atoms with E-state index in [0.717, 1.165) is 35.5 Å². The van der Waals surface area contributed by atoms with E-state index < -0.39 is 0 Å². The molecule has 2 atom stereocenters. The van der Waals surface area contributed by atoms with Crippen LogP contribution in [0.25, 0.3) is 0 Å². The number of rotatable bonds is 2. The van der Waals surface area contributed by atoms with Crippen LogP contribution < -0.4 is 0 Å². The lowest BCUT2D eigenvalue weighted by atomic mass is 9.73. The molecule has 0 spiro atoms. The molecule has 3 aliphatic rings. The summed E-state index contributed by atoms with van der Waals surface area (Å²) in [5.41, 5.74) is 0. The minimum atomic E-state index is 1.02. The van der Waals surface area contributed by atoms with Gasteiger partial charge in [0.15, 0.2) is 0 Å². The van der Waals surface area contributed by atoms with Crippen molar-refractivity contribution < 1.29 is 0 Å². The van der Waals surface area contributed by atoms with Gasteiger partial charge in [-0.15, -0.1) is 0 Å². The smallest absolute Gasteiger partial charge is 0.0383 e. The van der Waals surface area contributed by atoms with Gasteiger partial charge < -0.3 is 0 Å². The first-order valence-corrected chi connectivity index (χ1v) is 11.2. The molecule has 3 rings (SSSR count). The van der Waals surface area contributed by atoms with Crippen LogP contribution >= 0.6 is 0 Å². The molecule has 0 amide bonds. The van der Waals surface area contributed by atoms with Gasteiger partial charge in [0.05, 0.1) is 0 Å². The average molecular weight is 323 g/mol. The first-order valence-electron chi connectivity index (χ1n) is 11.2. The topological polar surface area (TPSA) is 0 Å². The summed E-state index contributed by atoms with van der Waals surface area (Å²) in [5.74, 6) is 6.52. The molecule has 0 aromatic rings. The highest BCUT2D eigenvalue weighted by Gasteiger charge is 2.36. The summed E-state index contributed by atoms with van der Waals surface area (Å²) in [7, 11) is 0. The third kappa shape index (κ3) is 6.43. The first-order chi connectivity index (χ1) is 11.2. The van der Waals surface area contributed by atoms with E-state index in [1.807, 2.05) is 27.7 Å². The molecule has 138 valence electrons. The minimum absolute atomic E-state index is 1.02. The highest BCUT2D eigenvalue weighted by atomic mass is 14.4. The molecule has 0 N–H and O–H groups in total. The third-order valence-electron chi connectivity index (χ3n) is 6.97. The van der Waals surface area contributed by atoms with Gasteiger partial charge in [-0.25, -0.2) is 0 Å². The van der Waals surface area contributed by atoms with Crippen LogP contribution in [0.4, 0.5) is 0 Å². The maximum atomic E-state index is 2.46. The molecule has 3 saturated carbocycles. The summed E-state index contributed by atoms with van der Waals surface area (Å²) < 4.78 is 0. The van der Waals surface area contributed by atoms with Crippen molar-refractivity contribution in [3.05, 3.63) is 0 Å². The Morgan fingerprint density at radius 1 is 0.391 bits per heavy atom. The number of hydrogen-bond acceptors (Lipinski definition) is 0. The Morgan fingerprint density at radius 3 is 0.957 bits per heavy atom. The van der Waals surface area contributed by atoms with Crippen LogP contribution in [-0.2, 0) is 0 Å². The van der Waals surface area contributed by atoms with E-state index in [4.69, 9.17) is 0 Å². The molecule has 0 nitrogen and oxygen atoms in total. The summed E-state index contributed by atoms with van der Waals surface area (Å²) in [4.78, 5) is 0. The molecule has 0 aliphatic heterocycles. The van der Waals surface area contributed by atoms with Crippen molar-refractivity contribution in [3.8, 4) is 0 Å². The molecule has 0 heterocycles. The summed E-state index contributed by atoms with van der Waals surface area (Å²) in [5, 5.41) is 0. The fourth-order valence-electron chi connectivity index (χ4n) is 5.42. The van der Waals surface area contributed by atoms with Crippen molar-refractivity contribution in [2.45, 2.75) is 112 Å². The maximum Gasteiger partial charge on any atom is -0.0383 e. The average Bonchev–Trinajstić information content (AvgIpc) is 3.10. The van der Waals surface area contributed by atoms with Gasteiger partial charge in [0.1, 0.15) is 0 Å². The molecule has 3 aliphatic carbocycles. The SMILES string of the molecule is CC.CC.CC1CCC(C2CCC(C3CCC(C)CC3)C2)CC1. The fraction of sp³-hybridized carbons (Fsp3) is 1.00. The van der Waals surface area contributed by atoms with E-state index in [9.17, 15) is 0 Å². The van der Waals surface area contributed by atoms with Crippen LogP contribution in [-0.4, -0.2) is 0 Å². The summed E-state index contributed by atoms with van der Waals surface area (Å²) >= 11 is 0. The van der Waals surface area contributed by atoms with Crippen molar-refractivity contribution in [1.29, 1.82) is 0 Å². The highest BCUT2D eigenvalue weighted by Crippen LogP contribution is 2.48. The number of hydrogen-bond donors (Lipinski definition) is 0. The lowest BCUT2D eigenvalue weighted by Crippen LogP contribution is -2.22. The summed E-state index contributed by atoms with van der Waals surface area (Å²) in [6.45, 7) is 12.9. The van der Waals surface area contributed by atoms with E-state index in [1.54, 1.807) is 44.9 Å². The van der Waals surface area contributed by atoms with Crippen molar-refractivity contribution in [2.75, 3.05) is 0 Å². The third-order valence-corrected chi connectivity index (χ3v) is 6.97. The van der Waals surface area contributed by atoms with E-state index in [1.165, 1.54) is 25.7 Å². The van der Waals surface area contributed by atoms with Gasteiger partial charge in [0.25, 0.3) is 0 Å². The van der Waals surface area contributed by atoms with Gasteiger partial charge >= 0.3 is 0 Å². The van der Waals surface area contributed by atoms with Gasteiger partial charge in [0, 0.05) is 0 Å². The lowest BCUT2D eigenvalue weighted by Gasteiger charge is -2.33. The normalized spacial score (nSPS) is 40.4. The fourth-order valence-corrected chi connectivity index (χ4v) is 5.42. The second kappa shape index (κ2) is 11.5.